The summed E-state index contributed by atoms with van der Waals surface area (Å²) >= 11 is 5.95. The summed E-state index contributed by atoms with van der Waals surface area (Å²) < 4.78 is 25.2. The van der Waals surface area contributed by atoms with Gasteiger partial charge >= 0.3 is 0 Å². The Morgan fingerprint density at radius 1 is 1.40 bits per heavy atom. The van der Waals surface area contributed by atoms with E-state index in [2.05, 4.69) is 4.72 Å². The molecule has 0 aliphatic rings. The Labute approximate surface area is 125 Å². The van der Waals surface area contributed by atoms with Gasteiger partial charge in [0.1, 0.15) is 0 Å². The van der Waals surface area contributed by atoms with Crippen LogP contribution in [0.15, 0.2) is 18.2 Å². The zero-order chi connectivity index (χ0) is 15.3. The molecule has 0 saturated carbocycles. The number of carbonyl (C=O) groups is 1. The number of sulfonamides is 1. The molecule has 1 amide bonds. The molecular weight excluding hydrogens is 300 g/mol. The lowest BCUT2D eigenvalue weighted by Crippen LogP contribution is -2.38. The lowest BCUT2D eigenvalue weighted by Gasteiger charge is -2.23. The molecule has 0 heterocycles. The van der Waals surface area contributed by atoms with Crippen molar-refractivity contribution in [3.63, 3.8) is 0 Å². The Balaban J connectivity index is 2.85. The highest BCUT2D eigenvalue weighted by molar-refractivity contribution is 7.89. The van der Waals surface area contributed by atoms with Crippen LogP contribution in [0.25, 0.3) is 0 Å². The van der Waals surface area contributed by atoms with E-state index < -0.39 is 10.0 Å². The first-order valence-electron chi connectivity index (χ1n) is 6.28. The minimum absolute atomic E-state index is 0.0171. The van der Waals surface area contributed by atoms with Crippen LogP contribution >= 0.6 is 11.6 Å². The maximum atomic E-state index is 11.7. The van der Waals surface area contributed by atoms with E-state index >= 15 is 0 Å². The number of nitrogens with zero attached hydrogens (tertiary/aromatic N) is 1. The van der Waals surface area contributed by atoms with E-state index in [0.29, 0.717) is 10.7 Å². The first kappa shape index (κ1) is 16.9. The van der Waals surface area contributed by atoms with Crippen molar-refractivity contribution in [3.8, 4) is 0 Å². The molecule has 0 atom stereocenters. The molecule has 0 unspecified atom stereocenters. The predicted octanol–water partition coefficient (Wildman–Crippen LogP) is 1.94. The standard InChI is InChI=1S/C13H19ClN2O3S/c1-4-20(18,19)15-7-8-16(11(3)17)13-9-12(14)6-5-10(13)2/h5-6,9,15H,4,7-8H2,1-3H3. The van der Waals surface area contributed by atoms with Gasteiger partial charge in [-0.1, -0.05) is 17.7 Å². The zero-order valence-corrected chi connectivity index (χ0v) is 13.4. The Kier molecular flexibility index (Phi) is 5.98. The van der Waals surface area contributed by atoms with Gasteiger partial charge in [0.25, 0.3) is 0 Å². The van der Waals surface area contributed by atoms with E-state index in [1.54, 1.807) is 19.1 Å². The summed E-state index contributed by atoms with van der Waals surface area (Å²) in [5.74, 6) is -0.144. The molecule has 1 N–H and O–H groups in total. The minimum Gasteiger partial charge on any atom is -0.311 e. The van der Waals surface area contributed by atoms with Gasteiger partial charge in [0.2, 0.25) is 15.9 Å². The fourth-order valence-electron chi connectivity index (χ4n) is 1.74. The molecular formula is C13H19ClN2O3S. The van der Waals surface area contributed by atoms with E-state index in [-0.39, 0.29) is 24.7 Å². The Hall–Kier alpha value is -1.11. The molecule has 0 aromatic heterocycles. The van der Waals surface area contributed by atoms with Crippen molar-refractivity contribution in [1.29, 1.82) is 0 Å². The van der Waals surface area contributed by atoms with Crippen molar-refractivity contribution < 1.29 is 13.2 Å². The van der Waals surface area contributed by atoms with Crippen molar-refractivity contribution >= 4 is 33.2 Å². The molecule has 1 aromatic rings. The number of amides is 1. The van der Waals surface area contributed by atoms with Crippen molar-refractivity contribution in [2.75, 3.05) is 23.7 Å². The van der Waals surface area contributed by atoms with Gasteiger partial charge in [-0.3, -0.25) is 4.79 Å². The Bertz CT molecular complexity index is 587. The third-order valence-electron chi connectivity index (χ3n) is 2.88. The van der Waals surface area contributed by atoms with Crippen LogP contribution in [0.5, 0.6) is 0 Å². The largest absolute Gasteiger partial charge is 0.311 e. The number of carbonyl (C=O) groups excluding carboxylic acids is 1. The lowest BCUT2D eigenvalue weighted by atomic mass is 10.2. The Morgan fingerprint density at radius 2 is 2.05 bits per heavy atom. The third-order valence-corrected chi connectivity index (χ3v) is 4.52. The van der Waals surface area contributed by atoms with Gasteiger partial charge in [-0.05, 0) is 31.5 Å². The Morgan fingerprint density at radius 3 is 2.60 bits per heavy atom. The van der Waals surface area contributed by atoms with Crippen LogP contribution < -0.4 is 9.62 Å². The van der Waals surface area contributed by atoms with Crippen LogP contribution in [0.2, 0.25) is 5.02 Å². The second kappa shape index (κ2) is 7.06. The number of rotatable bonds is 6. The second-order valence-corrected chi connectivity index (χ2v) is 6.93. The number of aryl methyl sites for hydroxylation is 1. The molecule has 1 rings (SSSR count). The summed E-state index contributed by atoms with van der Waals surface area (Å²) in [4.78, 5) is 13.3. The zero-order valence-electron chi connectivity index (χ0n) is 11.8. The number of halogens is 1. The normalized spacial score (nSPS) is 11.4. The van der Waals surface area contributed by atoms with Gasteiger partial charge in [0.05, 0.1) is 5.75 Å². The smallest absolute Gasteiger partial charge is 0.223 e. The fraction of sp³-hybridized carbons (Fsp3) is 0.462. The molecule has 1 aromatic carbocycles. The monoisotopic (exact) mass is 318 g/mol. The lowest BCUT2D eigenvalue weighted by molar-refractivity contribution is -0.116. The number of benzene rings is 1. The van der Waals surface area contributed by atoms with E-state index in [4.69, 9.17) is 11.6 Å². The van der Waals surface area contributed by atoms with Crippen LogP contribution in [-0.2, 0) is 14.8 Å². The summed E-state index contributed by atoms with van der Waals surface area (Å²) in [5, 5.41) is 0.533. The van der Waals surface area contributed by atoms with E-state index in [9.17, 15) is 13.2 Å². The van der Waals surface area contributed by atoms with Gasteiger partial charge in [0, 0.05) is 30.7 Å². The van der Waals surface area contributed by atoms with Gasteiger partial charge in [-0.15, -0.1) is 0 Å². The summed E-state index contributed by atoms with van der Waals surface area (Å²) in [6.45, 7) is 5.30. The maximum absolute atomic E-state index is 11.7. The molecule has 0 fully saturated rings. The predicted molar refractivity (Wildman–Crippen MR) is 81.7 cm³/mol. The first-order valence-corrected chi connectivity index (χ1v) is 8.31. The SMILES string of the molecule is CCS(=O)(=O)NCCN(C(C)=O)c1cc(Cl)ccc1C. The summed E-state index contributed by atoms with van der Waals surface area (Å²) in [6, 6.07) is 5.27. The summed E-state index contributed by atoms with van der Waals surface area (Å²) in [6.07, 6.45) is 0. The number of hydrogen-bond acceptors (Lipinski definition) is 3. The highest BCUT2D eigenvalue weighted by Crippen LogP contribution is 2.24. The van der Waals surface area contributed by atoms with Crippen LogP contribution in [0, 0.1) is 6.92 Å². The maximum Gasteiger partial charge on any atom is 0.223 e. The molecule has 0 spiro atoms. The van der Waals surface area contributed by atoms with Crippen LogP contribution in [-0.4, -0.2) is 33.2 Å². The molecule has 0 saturated heterocycles. The van der Waals surface area contributed by atoms with Crippen LogP contribution in [0.3, 0.4) is 0 Å². The number of anilines is 1. The van der Waals surface area contributed by atoms with Crippen molar-refractivity contribution in [1.82, 2.24) is 4.72 Å². The minimum atomic E-state index is -3.26. The van der Waals surface area contributed by atoms with E-state index in [1.165, 1.54) is 11.8 Å². The van der Waals surface area contributed by atoms with E-state index in [1.807, 2.05) is 13.0 Å². The molecule has 0 bridgehead atoms. The van der Waals surface area contributed by atoms with Gasteiger partial charge in [-0.2, -0.15) is 0 Å². The third kappa shape index (κ3) is 4.77. The molecule has 5 nitrogen and oxygen atoms in total. The van der Waals surface area contributed by atoms with Crippen molar-refractivity contribution in [3.05, 3.63) is 28.8 Å². The topological polar surface area (TPSA) is 66.5 Å². The van der Waals surface area contributed by atoms with Gasteiger partial charge in [0.15, 0.2) is 0 Å². The van der Waals surface area contributed by atoms with Crippen LogP contribution in [0.4, 0.5) is 5.69 Å². The average molecular weight is 319 g/mol. The molecule has 20 heavy (non-hydrogen) atoms. The summed E-state index contributed by atoms with van der Waals surface area (Å²) in [5.41, 5.74) is 1.60. The van der Waals surface area contributed by atoms with E-state index in [0.717, 1.165) is 5.56 Å². The molecule has 7 heteroatoms. The summed E-state index contributed by atoms with van der Waals surface area (Å²) in [7, 11) is -3.26. The number of hydrogen-bond donors (Lipinski definition) is 1. The highest BCUT2D eigenvalue weighted by Gasteiger charge is 2.15. The molecule has 0 aliphatic carbocycles. The first-order chi connectivity index (χ1) is 9.26. The van der Waals surface area contributed by atoms with Crippen molar-refractivity contribution in [2.45, 2.75) is 20.8 Å². The molecule has 112 valence electrons. The molecule has 0 aliphatic heterocycles. The molecule has 0 radical (unpaired) electrons. The van der Waals surface area contributed by atoms with Crippen LogP contribution in [0.1, 0.15) is 19.4 Å². The second-order valence-electron chi connectivity index (χ2n) is 4.40. The highest BCUT2D eigenvalue weighted by atomic mass is 35.5. The average Bonchev–Trinajstić information content (AvgIpc) is 2.37. The fourth-order valence-corrected chi connectivity index (χ4v) is 2.51. The number of nitrogens with one attached hydrogen (secondary N) is 1. The van der Waals surface area contributed by atoms with Gasteiger partial charge < -0.3 is 4.90 Å². The van der Waals surface area contributed by atoms with Crippen molar-refractivity contribution in [2.24, 2.45) is 0 Å². The van der Waals surface area contributed by atoms with Gasteiger partial charge in [-0.25, -0.2) is 13.1 Å². The quantitative estimate of drug-likeness (QED) is 0.871.